The van der Waals surface area contributed by atoms with Gasteiger partial charge in [0.25, 0.3) is 0 Å². The second kappa shape index (κ2) is 17.7. The number of rotatable bonds is 10. The molecule has 0 bridgehead atoms. The lowest BCUT2D eigenvalue weighted by atomic mass is 9.94. The molecule has 6 nitrogen and oxygen atoms in total. The molecule has 2 N–H and O–H groups in total. The topological polar surface area (TPSA) is 73.5 Å². The average Bonchev–Trinajstić information content (AvgIpc) is 3.34. The molecule has 2 aliphatic rings. The minimum atomic E-state index is -0.292. The highest BCUT2D eigenvalue weighted by Crippen LogP contribution is 2.32. The molecule has 7 aromatic carbocycles. The Kier molecular flexibility index (Phi) is 11.2. The van der Waals surface area contributed by atoms with Crippen molar-refractivity contribution in [3.05, 3.63) is 239 Å². The van der Waals surface area contributed by atoms with Crippen LogP contribution in [0.1, 0.15) is 59.6 Å². The fraction of sp³-hybridized carbons (Fsp3) is 0.0909. The van der Waals surface area contributed by atoms with Crippen molar-refractivity contribution in [2.24, 2.45) is 20.0 Å². The van der Waals surface area contributed by atoms with Crippen LogP contribution in [0.4, 0.5) is 0 Å². The van der Waals surface area contributed by atoms with Crippen LogP contribution in [0, 0.1) is 6.92 Å². The van der Waals surface area contributed by atoms with Crippen molar-refractivity contribution in [1.82, 2.24) is 10.6 Å². The van der Waals surface area contributed by atoms with Crippen LogP contribution in [-0.2, 0) is 0 Å². The Bertz CT molecular complexity index is 2870. The molecule has 0 aromatic heterocycles. The van der Waals surface area contributed by atoms with Crippen molar-refractivity contribution in [3.8, 4) is 33.4 Å². The first kappa shape index (κ1) is 38.8. The van der Waals surface area contributed by atoms with Crippen molar-refractivity contribution in [1.29, 1.82) is 0 Å². The Morgan fingerprint density at radius 1 is 0.459 bits per heavy atom. The largest absolute Gasteiger partial charge is 0.344 e. The predicted molar refractivity (Wildman–Crippen MR) is 254 cm³/mol. The summed E-state index contributed by atoms with van der Waals surface area (Å²) in [5.41, 5.74) is 14.1. The van der Waals surface area contributed by atoms with Crippen LogP contribution in [0.3, 0.4) is 0 Å². The van der Waals surface area contributed by atoms with E-state index in [1.54, 1.807) is 0 Å². The van der Waals surface area contributed by atoms with E-state index in [0.717, 1.165) is 72.9 Å². The fourth-order valence-corrected chi connectivity index (χ4v) is 7.78. The summed E-state index contributed by atoms with van der Waals surface area (Å²) in [5, 5.41) is 7.24. The van der Waals surface area contributed by atoms with E-state index in [1.165, 1.54) is 11.1 Å². The molecule has 2 atom stereocenters. The number of allylic oxidation sites excluding steroid dienone is 2. The third kappa shape index (κ3) is 8.56. The predicted octanol–water partition coefficient (Wildman–Crippen LogP) is 12.5. The van der Waals surface area contributed by atoms with E-state index in [-0.39, 0.29) is 12.3 Å². The Morgan fingerprint density at radius 3 is 1.61 bits per heavy atom. The Labute approximate surface area is 358 Å². The summed E-state index contributed by atoms with van der Waals surface area (Å²) in [6.45, 7) is 6.20. The average molecular weight is 791 g/mol. The van der Waals surface area contributed by atoms with E-state index in [0.29, 0.717) is 11.7 Å². The lowest BCUT2D eigenvalue weighted by Gasteiger charge is -2.24. The zero-order valence-corrected chi connectivity index (χ0v) is 34.5. The van der Waals surface area contributed by atoms with Crippen LogP contribution in [0.15, 0.2) is 226 Å². The summed E-state index contributed by atoms with van der Waals surface area (Å²) < 4.78 is 0. The van der Waals surface area contributed by atoms with Gasteiger partial charge in [-0.25, -0.2) is 20.0 Å². The zero-order chi connectivity index (χ0) is 41.5. The van der Waals surface area contributed by atoms with Gasteiger partial charge in [0.2, 0.25) is 0 Å². The fourth-order valence-electron chi connectivity index (χ4n) is 7.78. The summed E-state index contributed by atoms with van der Waals surface area (Å²) in [4.78, 5) is 20.4. The molecule has 61 heavy (non-hydrogen) atoms. The minimum Gasteiger partial charge on any atom is -0.344 e. The van der Waals surface area contributed by atoms with Gasteiger partial charge in [0.05, 0.1) is 0 Å². The highest BCUT2D eigenvalue weighted by atomic mass is 15.2. The number of aryl methyl sites for hydroxylation is 1. The molecule has 0 radical (unpaired) electrons. The minimum absolute atomic E-state index is 0.265. The van der Waals surface area contributed by atoms with Crippen LogP contribution in [-0.4, -0.2) is 23.3 Å². The Hall–Kier alpha value is -7.70. The number of hydrogen-bond acceptors (Lipinski definition) is 6. The maximum atomic E-state index is 5.19. The summed E-state index contributed by atoms with van der Waals surface area (Å²) >= 11 is 0. The van der Waals surface area contributed by atoms with Gasteiger partial charge >= 0.3 is 0 Å². The SMILES string of the molecule is C/C=C\C(=C/C)C1=NC(c2ccccc2)NC(c2cccc(-c3cccc(-c4cc(C5=NC(c6ccccc6)NC(c6ccc(-c7ccccc7)cc6)=N5)ccc4C)c3)c2)=N1. The van der Waals surface area contributed by atoms with Crippen LogP contribution < -0.4 is 10.6 Å². The van der Waals surface area contributed by atoms with Gasteiger partial charge in [0.1, 0.15) is 24.0 Å². The molecule has 0 fully saturated rings. The molecule has 2 unspecified atom stereocenters. The molecule has 296 valence electrons. The van der Waals surface area contributed by atoms with Crippen LogP contribution in [0.25, 0.3) is 33.4 Å². The lowest BCUT2D eigenvalue weighted by Crippen LogP contribution is -2.33. The van der Waals surface area contributed by atoms with E-state index in [2.05, 4.69) is 181 Å². The van der Waals surface area contributed by atoms with Crippen LogP contribution in [0.2, 0.25) is 0 Å². The number of nitrogens with zero attached hydrogens (tertiary/aromatic N) is 4. The van der Waals surface area contributed by atoms with Crippen molar-refractivity contribution in [2.45, 2.75) is 33.1 Å². The molecule has 9 rings (SSSR count). The standard InChI is InChI=1S/C55H46N6/c1-4-17-38(5-2)50-56-51(41-20-11-7-12-21-41)59-54(57-50)47-27-16-25-45(35-47)44-24-15-26-46(34-44)49-36-48(29-28-37(49)3)55-60-52(42-22-13-8-14-23-42)58-53(61-55)43-32-30-40(31-33-43)39-18-9-6-10-19-39/h4-36,51-52H,1-3H3,(H,56,57,59)(H,58,60,61)/b17-4-,38-5+. The van der Waals surface area contributed by atoms with E-state index in [4.69, 9.17) is 20.0 Å². The Morgan fingerprint density at radius 2 is 0.967 bits per heavy atom. The zero-order valence-electron chi connectivity index (χ0n) is 34.5. The maximum Gasteiger partial charge on any atom is 0.159 e. The van der Waals surface area contributed by atoms with Crippen LogP contribution >= 0.6 is 0 Å². The second-order valence-corrected chi connectivity index (χ2v) is 15.1. The molecular formula is C55H46N6. The molecule has 0 amide bonds. The molecule has 7 aromatic rings. The summed E-state index contributed by atoms with van der Waals surface area (Å²) in [6.07, 6.45) is 5.58. The molecule has 0 saturated carbocycles. The quantitative estimate of drug-likeness (QED) is 0.135. The first-order valence-electron chi connectivity index (χ1n) is 20.8. The normalized spacial score (nSPS) is 16.5. The first-order valence-corrected chi connectivity index (χ1v) is 20.8. The van der Waals surface area contributed by atoms with Gasteiger partial charge in [0.15, 0.2) is 11.7 Å². The lowest BCUT2D eigenvalue weighted by molar-refractivity contribution is 0.674. The van der Waals surface area contributed by atoms with Crippen molar-refractivity contribution < 1.29 is 0 Å². The second-order valence-electron chi connectivity index (χ2n) is 15.1. The van der Waals surface area contributed by atoms with E-state index < -0.39 is 0 Å². The van der Waals surface area contributed by atoms with Crippen molar-refractivity contribution >= 4 is 23.3 Å². The number of amidine groups is 4. The Balaban J connectivity index is 1.04. The van der Waals surface area contributed by atoms with Gasteiger partial charge in [-0.05, 0) is 89.0 Å². The maximum absolute atomic E-state index is 5.19. The molecule has 6 heteroatoms. The molecule has 0 saturated heterocycles. The van der Waals surface area contributed by atoms with Gasteiger partial charge in [0, 0.05) is 22.3 Å². The smallest absolute Gasteiger partial charge is 0.159 e. The molecule has 2 aliphatic heterocycles. The highest BCUT2D eigenvalue weighted by molar-refractivity contribution is 6.15. The molecule has 2 heterocycles. The highest BCUT2D eigenvalue weighted by Gasteiger charge is 2.23. The van der Waals surface area contributed by atoms with Gasteiger partial charge < -0.3 is 10.6 Å². The summed E-state index contributed by atoms with van der Waals surface area (Å²) in [7, 11) is 0. The van der Waals surface area contributed by atoms with Gasteiger partial charge in [-0.15, -0.1) is 0 Å². The summed E-state index contributed by atoms with van der Waals surface area (Å²) in [6, 6.07) is 63.5. The molecule has 0 aliphatic carbocycles. The monoisotopic (exact) mass is 790 g/mol. The van der Waals surface area contributed by atoms with E-state index in [1.807, 2.05) is 50.3 Å². The van der Waals surface area contributed by atoms with Crippen LogP contribution in [0.5, 0.6) is 0 Å². The van der Waals surface area contributed by atoms with Crippen molar-refractivity contribution in [2.75, 3.05) is 0 Å². The molecule has 0 spiro atoms. The van der Waals surface area contributed by atoms with E-state index in [9.17, 15) is 0 Å². The first-order chi connectivity index (χ1) is 30.0. The summed E-state index contributed by atoms with van der Waals surface area (Å²) in [5.74, 6) is 2.97. The van der Waals surface area contributed by atoms with Gasteiger partial charge in [-0.2, -0.15) is 0 Å². The van der Waals surface area contributed by atoms with Gasteiger partial charge in [-0.3, -0.25) is 0 Å². The third-order valence-corrected chi connectivity index (χ3v) is 11.0. The van der Waals surface area contributed by atoms with Crippen molar-refractivity contribution in [3.63, 3.8) is 0 Å². The van der Waals surface area contributed by atoms with Gasteiger partial charge in [-0.1, -0.05) is 182 Å². The third-order valence-electron chi connectivity index (χ3n) is 11.0. The number of nitrogens with one attached hydrogen (secondary N) is 2. The molecular weight excluding hydrogens is 745 g/mol. The number of hydrogen-bond donors (Lipinski definition) is 2. The number of benzene rings is 7. The number of aliphatic imine (C=N–C) groups is 4. The van der Waals surface area contributed by atoms with E-state index >= 15 is 0 Å².